The molecule has 0 aliphatic carbocycles. The van der Waals surface area contributed by atoms with E-state index in [9.17, 15) is 9.18 Å². The molecule has 2 N–H and O–H groups in total. The highest BCUT2D eigenvalue weighted by molar-refractivity contribution is 7.99. The largest absolute Gasteiger partial charge is 0.349 e. The van der Waals surface area contributed by atoms with Gasteiger partial charge < -0.3 is 5.32 Å². The number of nitrogens with zero attached hydrogens (tertiary/aromatic N) is 2. The standard InChI is InChI=1S/C21H23FN4OS/c1-14(2)12-18(15-8-4-3-5-9-15)23-19(27)13-28-21-24-20(25-26-21)16-10-6-7-11-17(16)22/h3-11,14,18H,12-13H2,1-2H3,(H,23,27)(H,24,25,26)/t18-/m1/s1. The van der Waals surface area contributed by atoms with Crippen LogP contribution in [0.25, 0.3) is 11.4 Å². The molecule has 1 heterocycles. The number of carbonyl (C=O) groups is 1. The van der Waals surface area contributed by atoms with Gasteiger partial charge in [-0.05, 0) is 30.0 Å². The Bertz CT molecular complexity index is 914. The summed E-state index contributed by atoms with van der Waals surface area (Å²) in [5.74, 6) is 0.539. The van der Waals surface area contributed by atoms with Gasteiger partial charge in [-0.15, -0.1) is 5.10 Å². The Kier molecular flexibility index (Phi) is 6.81. The zero-order chi connectivity index (χ0) is 19.9. The van der Waals surface area contributed by atoms with E-state index < -0.39 is 0 Å². The number of thioether (sulfide) groups is 1. The van der Waals surface area contributed by atoms with Gasteiger partial charge in [-0.25, -0.2) is 9.37 Å². The van der Waals surface area contributed by atoms with Crippen LogP contribution >= 0.6 is 11.8 Å². The van der Waals surface area contributed by atoms with E-state index in [1.807, 2.05) is 30.3 Å². The summed E-state index contributed by atoms with van der Waals surface area (Å²) in [5.41, 5.74) is 1.45. The lowest BCUT2D eigenvalue weighted by atomic mass is 9.97. The van der Waals surface area contributed by atoms with Crippen LogP contribution in [0.15, 0.2) is 59.8 Å². The lowest BCUT2D eigenvalue weighted by molar-refractivity contribution is -0.119. The fourth-order valence-corrected chi connectivity index (χ4v) is 3.50. The molecule has 1 amide bonds. The van der Waals surface area contributed by atoms with Crippen molar-refractivity contribution >= 4 is 17.7 Å². The Hall–Kier alpha value is -2.67. The van der Waals surface area contributed by atoms with Crippen LogP contribution in [0.4, 0.5) is 4.39 Å². The molecular weight excluding hydrogens is 375 g/mol. The van der Waals surface area contributed by atoms with Gasteiger partial charge in [0.2, 0.25) is 11.1 Å². The summed E-state index contributed by atoms with van der Waals surface area (Å²) in [4.78, 5) is 16.7. The van der Waals surface area contributed by atoms with Gasteiger partial charge in [0, 0.05) is 0 Å². The number of rotatable bonds is 8. The molecule has 0 fully saturated rings. The highest BCUT2D eigenvalue weighted by Gasteiger charge is 2.17. The maximum atomic E-state index is 13.8. The molecule has 0 saturated heterocycles. The molecule has 7 heteroatoms. The molecule has 2 aromatic carbocycles. The lowest BCUT2D eigenvalue weighted by Gasteiger charge is -2.21. The van der Waals surface area contributed by atoms with E-state index in [0.717, 1.165) is 12.0 Å². The predicted octanol–water partition coefficient (Wildman–Crippen LogP) is 4.61. The van der Waals surface area contributed by atoms with Crippen molar-refractivity contribution < 1.29 is 9.18 Å². The van der Waals surface area contributed by atoms with Gasteiger partial charge in [0.15, 0.2) is 5.82 Å². The van der Waals surface area contributed by atoms with E-state index in [0.29, 0.717) is 22.5 Å². The summed E-state index contributed by atoms with van der Waals surface area (Å²) < 4.78 is 13.8. The average molecular weight is 399 g/mol. The smallest absolute Gasteiger partial charge is 0.230 e. The van der Waals surface area contributed by atoms with Crippen molar-refractivity contribution in [1.82, 2.24) is 20.5 Å². The zero-order valence-corrected chi connectivity index (χ0v) is 16.7. The molecule has 0 bridgehead atoms. The molecule has 0 unspecified atom stereocenters. The Balaban J connectivity index is 1.60. The zero-order valence-electron chi connectivity index (χ0n) is 15.9. The Morgan fingerprint density at radius 1 is 1.14 bits per heavy atom. The van der Waals surface area contributed by atoms with Crippen LogP contribution in [-0.2, 0) is 4.79 Å². The molecule has 3 aromatic rings. The van der Waals surface area contributed by atoms with Crippen molar-refractivity contribution in [2.45, 2.75) is 31.5 Å². The minimum Gasteiger partial charge on any atom is -0.349 e. The van der Waals surface area contributed by atoms with Gasteiger partial charge in [0.25, 0.3) is 0 Å². The van der Waals surface area contributed by atoms with E-state index >= 15 is 0 Å². The van der Waals surface area contributed by atoms with Crippen molar-refractivity contribution in [3.8, 4) is 11.4 Å². The third kappa shape index (κ3) is 5.42. The van der Waals surface area contributed by atoms with Gasteiger partial charge in [0.1, 0.15) is 5.82 Å². The number of hydrogen-bond acceptors (Lipinski definition) is 4. The molecular formula is C21H23FN4OS. The van der Waals surface area contributed by atoms with E-state index in [2.05, 4.69) is 34.3 Å². The molecule has 0 aliphatic heterocycles. The summed E-state index contributed by atoms with van der Waals surface area (Å²) in [5, 5.41) is 10.3. The average Bonchev–Trinajstić information content (AvgIpc) is 3.15. The van der Waals surface area contributed by atoms with E-state index in [1.165, 1.54) is 17.8 Å². The summed E-state index contributed by atoms with van der Waals surface area (Å²) in [7, 11) is 0. The third-order valence-corrected chi connectivity index (χ3v) is 5.02. The third-order valence-electron chi connectivity index (χ3n) is 4.17. The number of aromatic amines is 1. The van der Waals surface area contributed by atoms with Crippen molar-refractivity contribution in [2.24, 2.45) is 5.92 Å². The number of benzene rings is 2. The van der Waals surface area contributed by atoms with Crippen molar-refractivity contribution in [2.75, 3.05) is 5.75 Å². The Morgan fingerprint density at radius 2 is 1.86 bits per heavy atom. The van der Waals surface area contributed by atoms with Crippen molar-refractivity contribution in [1.29, 1.82) is 0 Å². The van der Waals surface area contributed by atoms with Crippen LogP contribution in [0.5, 0.6) is 0 Å². The molecule has 1 atom stereocenters. The summed E-state index contributed by atoms with van der Waals surface area (Å²) >= 11 is 1.22. The lowest BCUT2D eigenvalue weighted by Crippen LogP contribution is -2.30. The van der Waals surface area contributed by atoms with Crippen LogP contribution in [-0.4, -0.2) is 26.8 Å². The van der Waals surface area contributed by atoms with Crippen molar-refractivity contribution in [3.63, 3.8) is 0 Å². The fraction of sp³-hybridized carbons (Fsp3) is 0.286. The molecule has 0 spiro atoms. The number of nitrogens with one attached hydrogen (secondary N) is 2. The highest BCUT2D eigenvalue weighted by atomic mass is 32.2. The summed E-state index contributed by atoms with van der Waals surface area (Å²) in [6.45, 7) is 4.27. The Morgan fingerprint density at radius 3 is 2.57 bits per heavy atom. The van der Waals surface area contributed by atoms with Crippen LogP contribution in [0.3, 0.4) is 0 Å². The molecule has 146 valence electrons. The highest BCUT2D eigenvalue weighted by Crippen LogP contribution is 2.23. The number of halogens is 1. The summed E-state index contributed by atoms with van der Waals surface area (Å²) in [6, 6.07) is 16.3. The first-order valence-electron chi connectivity index (χ1n) is 9.17. The Labute approximate surface area is 168 Å². The molecule has 28 heavy (non-hydrogen) atoms. The number of carbonyl (C=O) groups excluding carboxylic acids is 1. The van der Waals surface area contributed by atoms with E-state index in [1.54, 1.807) is 18.2 Å². The minimum atomic E-state index is -0.368. The minimum absolute atomic E-state index is 0.0320. The first-order valence-corrected chi connectivity index (χ1v) is 10.2. The van der Waals surface area contributed by atoms with Gasteiger partial charge >= 0.3 is 0 Å². The second-order valence-corrected chi connectivity index (χ2v) is 7.84. The summed E-state index contributed by atoms with van der Waals surface area (Å²) in [6.07, 6.45) is 0.860. The maximum absolute atomic E-state index is 13.8. The van der Waals surface area contributed by atoms with Crippen LogP contribution < -0.4 is 5.32 Å². The second-order valence-electron chi connectivity index (χ2n) is 6.90. The first-order chi connectivity index (χ1) is 13.5. The molecule has 0 aliphatic rings. The molecule has 0 saturated carbocycles. The topological polar surface area (TPSA) is 70.7 Å². The molecule has 1 aromatic heterocycles. The first kappa shape index (κ1) is 20.1. The monoisotopic (exact) mass is 398 g/mol. The van der Waals surface area contributed by atoms with Crippen LogP contribution in [0.2, 0.25) is 0 Å². The van der Waals surface area contributed by atoms with Gasteiger partial charge in [0.05, 0.1) is 17.4 Å². The molecule has 5 nitrogen and oxygen atoms in total. The van der Waals surface area contributed by atoms with Crippen molar-refractivity contribution in [3.05, 3.63) is 66.0 Å². The normalized spacial score (nSPS) is 12.1. The number of H-pyrrole nitrogens is 1. The fourth-order valence-electron chi connectivity index (χ4n) is 2.89. The predicted molar refractivity (Wildman–Crippen MR) is 109 cm³/mol. The van der Waals surface area contributed by atoms with Gasteiger partial charge in [-0.1, -0.05) is 68.1 Å². The number of amides is 1. The van der Waals surface area contributed by atoms with Crippen LogP contribution in [0.1, 0.15) is 31.9 Å². The SMILES string of the molecule is CC(C)C[C@@H](NC(=O)CSc1n[nH]c(-c2ccccc2F)n1)c1ccccc1. The van der Waals surface area contributed by atoms with Gasteiger partial charge in [-0.3, -0.25) is 9.89 Å². The number of aromatic nitrogens is 3. The maximum Gasteiger partial charge on any atom is 0.230 e. The number of hydrogen-bond donors (Lipinski definition) is 2. The van der Waals surface area contributed by atoms with E-state index in [-0.39, 0.29) is 23.5 Å². The molecule has 3 rings (SSSR count). The quantitative estimate of drug-likeness (QED) is 0.544. The second kappa shape index (κ2) is 9.50. The van der Waals surface area contributed by atoms with Gasteiger partial charge in [-0.2, -0.15) is 0 Å². The molecule has 0 radical (unpaired) electrons. The van der Waals surface area contributed by atoms with E-state index in [4.69, 9.17) is 0 Å². The van der Waals surface area contributed by atoms with Crippen LogP contribution in [0, 0.1) is 11.7 Å².